The Labute approximate surface area is 154 Å². The van der Waals surface area contributed by atoms with Crippen molar-refractivity contribution in [3.8, 4) is 11.5 Å². The highest BCUT2D eigenvalue weighted by molar-refractivity contribution is 6.08. The van der Waals surface area contributed by atoms with Crippen LogP contribution in [0, 0.1) is 0 Å². The van der Waals surface area contributed by atoms with Gasteiger partial charge in [0.25, 0.3) is 0 Å². The monoisotopic (exact) mass is 351 g/mol. The molecule has 0 aliphatic carbocycles. The van der Waals surface area contributed by atoms with Crippen molar-refractivity contribution in [2.75, 3.05) is 20.2 Å². The summed E-state index contributed by atoms with van der Waals surface area (Å²) in [4.78, 5) is 14.9. The van der Waals surface area contributed by atoms with Crippen LogP contribution in [0.25, 0.3) is 6.08 Å². The Morgan fingerprint density at radius 3 is 2.58 bits per heavy atom. The normalized spacial score (nSPS) is 15.3. The fourth-order valence-electron chi connectivity index (χ4n) is 3.31. The van der Waals surface area contributed by atoms with Gasteiger partial charge in [-0.25, -0.2) is 0 Å². The number of allylic oxidation sites excluding steroid dienone is 1. The van der Waals surface area contributed by atoms with E-state index in [1.165, 1.54) is 25.3 Å². The third-order valence-corrected chi connectivity index (χ3v) is 4.73. The minimum Gasteiger partial charge on any atom is -0.507 e. The van der Waals surface area contributed by atoms with Crippen molar-refractivity contribution >= 4 is 11.9 Å². The Hall–Kier alpha value is -2.59. The highest BCUT2D eigenvalue weighted by atomic mass is 16.5. The number of hydrogen-bond acceptors (Lipinski definition) is 4. The number of carbonyl (C=O) groups excluding carboxylic acids is 1. The lowest BCUT2D eigenvalue weighted by Crippen LogP contribution is -2.29. The number of piperidine rings is 1. The summed E-state index contributed by atoms with van der Waals surface area (Å²) in [5.41, 5.74) is 2.19. The number of aromatic hydroxyl groups is 1. The fourth-order valence-corrected chi connectivity index (χ4v) is 3.31. The third-order valence-electron chi connectivity index (χ3n) is 4.73. The molecule has 1 heterocycles. The second kappa shape index (κ2) is 8.68. The molecule has 1 saturated heterocycles. The molecule has 2 aromatic carbocycles. The highest BCUT2D eigenvalue weighted by Gasteiger charge is 2.17. The van der Waals surface area contributed by atoms with Crippen molar-refractivity contribution in [2.45, 2.75) is 25.8 Å². The smallest absolute Gasteiger partial charge is 0.189 e. The van der Waals surface area contributed by atoms with Gasteiger partial charge >= 0.3 is 0 Å². The van der Waals surface area contributed by atoms with Crippen molar-refractivity contribution in [3.63, 3.8) is 0 Å². The van der Waals surface area contributed by atoms with E-state index in [1.807, 2.05) is 30.3 Å². The largest absolute Gasteiger partial charge is 0.507 e. The number of hydrogen-bond donors (Lipinski definition) is 1. The van der Waals surface area contributed by atoms with Gasteiger partial charge in [-0.3, -0.25) is 9.69 Å². The van der Waals surface area contributed by atoms with Gasteiger partial charge in [0.2, 0.25) is 0 Å². The Bertz CT molecular complexity index is 777. The molecule has 0 atom stereocenters. The van der Waals surface area contributed by atoms with Crippen LogP contribution in [0.3, 0.4) is 0 Å². The molecule has 136 valence electrons. The second-order valence-electron chi connectivity index (χ2n) is 6.63. The van der Waals surface area contributed by atoms with E-state index >= 15 is 0 Å². The lowest BCUT2D eigenvalue weighted by atomic mass is 10.0. The molecular formula is C22H25NO3. The van der Waals surface area contributed by atoms with Gasteiger partial charge in [0.05, 0.1) is 12.7 Å². The Balaban J connectivity index is 1.82. The zero-order chi connectivity index (χ0) is 18.4. The lowest BCUT2D eigenvalue weighted by Gasteiger charge is -2.27. The number of nitrogens with zero attached hydrogens (tertiary/aromatic N) is 1. The molecular weight excluding hydrogens is 326 g/mol. The number of phenols is 1. The van der Waals surface area contributed by atoms with E-state index in [1.54, 1.807) is 25.3 Å². The molecule has 0 saturated carbocycles. The molecule has 4 heteroatoms. The average molecular weight is 351 g/mol. The molecule has 2 aromatic rings. The number of likely N-dealkylation sites (tertiary alicyclic amines) is 1. The maximum Gasteiger partial charge on any atom is 0.189 e. The standard InChI is InChI=1S/C22H25NO3/c1-26-22-15-21(25)19(14-18(22)16-23-12-6-3-7-13-23)20(24)11-10-17-8-4-2-5-9-17/h2,4-5,8-11,14-15,25H,3,6-7,12-13,16H2,1H3/b11-10+. The summed E-state index contributed by atoms with van der Waals surface area (Å²) in [6.45, 7) is 2.84. The van der Waals surface area contributed by atoms with Crippen LogP contribution < -0.4 is 4.74 Å². The van der Waals surface area contributed by atoms with Crippen molar-refractivity contribution in [2.24, 2.45) is 0 Å². The summed E-state index contributed by atoms with van der Waals surface area (Å²) in [6.07, 6.45) is 6.94. The van der Waals surface area contributed by atoms with E-state index in [-0.39, 0.29) is 11.5 Å². The number of benzene rings is 2. The minimum atomic E-state index is -0.214. The van der Waals surface area contributed by atoms with Crippen molar-refractivity contribution in [1.29, 1.82) is 0 Å². The fraction of sp³-hybridized carbons (Fsp3) is 0.318. The molecule has 4 nitrogen and oxygen atoms in total. The minimum absolute atomic E-state index is 0.0491. The molecule has 1 N–H and O–H groups in total. The van der Waals surface area contributed by atoms with E-state index in [4.69, 9.17) is 4.74 Å². The van der Waals surface area contributed by atoms with Crippen LogP contribution in [0.15, 0.2) is 48.5 Å². The van der Waals surface area contributed by atoms with Gasteiger partial charge in [-0.15, -0.1) is 0 Å². The zero-order valence-corrected chi connectivity index (χ0v) is 15.1. The summed E-state index contributed by atoms with van der Waals surface area (Å²) < 4.78 is 5.42. The van der Waals surface area contributed by atoms with Crippen LogP contribution in [-0.4, -0.2) is 36.0 Å². The average Bonchev–Trinajstić information content (AvgIpc) is 2.68. The maximum absolute atomic E-state index is 12.6. The summed E-state index contributed by atoms with van der Waals surface area (Å²) >= 11 is 0. The van der Waals surface area contributed by atoms with Crippen molar-refractivity contribution in [1.82, 2.24) is 4.90 Å². The molecule has 0 unspecified atom stereocenters. The van der Waals surface area contributed by atoms with Crippen molar-refractivity contribution < 1.29 is 14.6 Å². The topological polar surface area (TPSA) is 49.8 Å². The van der Waals surface area contributed by atoms with Gasteiger partial charge in [-0.1, -0.05) is 42.8 Å². The van der Waals surface area contributed by atoms with E-state index < -0.39 is 0 Å². The number of phenolic OH excluding ortho intramolecular Hbond substituents is 1. The van der Waals surface area contributed by atoms with Gasteiger partial charge in [0, 0.05) is 18.2 Å². The van der Waals surface area contributed by atoms with Gasteiger partial charge in [0.1, 0.15) is 11.5 Å². The molecule has 3 rings (SSSR count). The van der Waals surface area contributed by atoms with Crippen LogP contribution in [0.1, 0.15) is 40.7 Å². The first-order chi connectivity index (χ1) is 12.7. The molecule has 0 aromatic heterocycles. The van der Waals surface area contributed by atoms with Gasteiger partial charge in [-0.2, -0.15) is 0 Å². The quantitative estimate of drug-likeness (QED) is 0.623. The number of carbonyl (C=O) groups is 1. The first-order valence-corrected chi connectivity index (χ1v) is 9.07. The van der Waals surface area contributed by atoms with Crippen LogP contribution in [-0.2, 0) is 6.54 Å². The van der Waals surface area contributed by atoms with Gasteiger partial charge in [0.15, 0.2) is 5.78 Å². The SMILES string of the molecule is COc1cc(O)c(C(=O)/C=C/c2ccccc2)cc1CN1CCCCC1. The Kier molecular flexibility index (Phi) is 6.08. The molecule has 0 spiro atoms. The van der Waals surface area contributed by atoms with Crippen LogP contribution in [0.5, 0.6) is 11.5 Å². The number of ketones is 1. The summed E-state index contributed by atoms with van der Waals surface area (Å²) in [5, 5.41) is 10.3. The van der Waals surface area contributed by atoms with Crippen molar-refractivity contribution in [3.05, 3.63) is 65.2 Å². The van der Waals surface area contributed by atoms with E-state index in [0.29, 0.717) is 11.3 Å². The molecule has 0 amide bonds. The van der Waals surface area contributed by atoms with Crippen LogP contribution in [0.4, 0.5) is 0 Å². The molecule has 0 radical (unpaired) electrons. The first kappa shape index (κ1) is 18.2. The van der Waals surface area contributed by atoms with E-state index in [2.05, 4.69) is 4.90 Å². The first-order valence-electron chi connectivity index (χ1n) is 9.07. The lowest BCUT2D eigenvalue weighted by molar-refractivity contribution is 0.104. The predicted molar refractivity (Wildman–Crippen MR) is 104 cm³/mol. The Morgan fingerprint density at radius 1 is 1.15 bits per heavy atom. The number of rotatable bonds is 6. The Morgan fingerprint density at radius 2 is 1.88 bits per heavy atom. The molecule has 1 aliphatic heterocycles. The van der Waals surface area contributed by atoms with Gasteiger partial charge in [-0.05, 0) is 43.6 Å². The van der Waals surface area contributed by atoms with E-state index in [0.717, 1.165) is 30.8 Å². The summed E-state index contributed by atoms with van der Waals surface area (Å²) in [6, 6.07) is 12.9. The molecule has 1 aliphatic rings. The number of ether oxygens (including phenoxy) is 1. The predicted octanol–water partition coefficient (Wildman–Crippen LogP) is 4.28. The van der Waals surface area contributed by atoms with Crippen LogP contribution >= 0.6 is 0 Å². The zero-order valence-electron chi connectivity index (χ0n) is 15.1. The molecule has 1 fully saturated rings. The maximum atomic E-state index is 12.6. The molecule has 26 heavy (non-hydrogen) atoms. The number of methoxy groups -OCH3 is 1. The van der Waals surface area contributed by atoms with E-state index in [9.17, 15) is 9.90 Å². The van der Waals surface area contributed by atoms with Gasteiger partial charge < -0.3 is 9.84 Å². The highest BCUT2D eigenvalue weighted by Crippen LogP contribution is 2.30. The third kappa shape index (κ3) is 4.52. The second-order valence-corrected chi connectivity index (χ2v) is 6.63. The molecule has 0 bridgehead atoms. The summed E-state index contributed by atoms with van der Waals surface area (Å²) in [5.74, 6) is 0.359. The van der Waals surface area contributed by atoms with Crippen LogP contribution in [0.2, 0.25) is 0 Å². The summed E-state index contributed by atoms with van der Waals surface area (Å²) in [7, 11) is 1.59.